The van der Waals surface area contributed by atoms with Crippen molar-refractivity contribution in [3.63, 3.8) is 0 Å². The summed E-state index contributed by atoms with van der Waals surface area (Å²) in [6.45, 7) is 3.57. The minimum absolute atomic E-state index is 0.228. The first-order chi connectivity index (χ1) is 11.4. The van der Waals surface area contributed by atoms with E-state index in [1.807, 2.05) is 25.1 Å². The van der Waals surface area contributed by atoms with E-state index < -0.39 is 17.7 Å². The molecule has 0 saturated heterocycles. The van der Waals surface area contributed by atoms with Crippen molar-refractivity contribution < 1.29 is 18.3 Å². The normalized spacial score (nSPS) is 12.2. The van der Waals surface area contributed by atoms with Gasteiger partial charge in [0.1, 0.15) is 17.4 Å². The maximum absolute atomic E-state index is 13.7. The molecular weight excluding hydrogens is 312 g/mol. The number of benzene rings is 2. The minimum Gasteiger partial charge on any atom is -0.496 e. The molecule has 126 valence electrons. The molecule has 0 heterocycles. The molecule has 0 fully saturated rings. The monoisotopic (exact) mass is 331 g/mol. The molecule has 1 N–H and O–H groups in total. The molecule has 0 aliphatic rings. The molecule has 5 heteroatoms. The smallest absolute Gasteiger partial charge is 0.244 e. The number of halogens is 2. The standard InChI is InChI=1S/C19H19F2NO2/c1-12-4-8-18(24-3)14(10-12)5-9-19(23)22-13(2)16-7-6-15(20)11-17(16)21/h4-11,13H,1-3H3,(H,22,23)/b9-5+/t13-/m0/s1. The van der Waals surface area contributed by atoms with Crippen molar-refractivity contribution in [2.75, 3.05) is 7.11 Å². The molecule has 24 heavy (non-hydrogen) atoms. The molecule has 0 radical (unpaired) electrons. The van der Waals surface area contributed by atoms with Crippen LogP contribution in [0.4, 0.5) is 8.78 Å². The summed E-state index contributed by atoms with van der Waals surface area (Å²) >= 11 is 0. The average molecular weight is 331 g/mol. The van der Waals surface area contributed by atoms with Crippen LogP contribution in [0.15, 0.2) is 42.5 Å². The van der Waals surface area contributed by atoms with E-state index >= 15 is 0 Å². The van der Waals surface area contributed by atoms with E-state index in [2.05, 4.69) is 5.32 Å². The Kier molecular flexibility index (Phi) is 5.68. The van der Waals surface area contributed by atoms with Crippen LogP contribution in [0.2, 0.25) is 0 Å². The number of ether oxygens (including phenoxy) is 1. The van der Waals surface area contributed by atoms with E-state index in [0.29, 0.717) is 5.75 Å². The van der Waals surface area contributed by atoms with Crippen molar-refractivity contribution in [3.8, 4) is 5.75 Å². The number of methoxy groups -OCH3 is 1. The topological polar surface area (TPSA) is 38.3 Å². The second-order valence-corrected chi connectivity index (χ2v) is 5.47. The van der Waals surface area contributed by atoms with Gasteiger partial charge in [0.2, 0.25) is 5.91 Å². The molecule has 2 aromatic rings. The molecule has 1 atom stereocenters. The molecule has 2 aromatic carbocycles. The average Bonchev–Trinajstić information content (AvgIpc) is 2.52. The Morgan fingerprint density at radius 2 is 1.96 bits per heavy atom. The molecule has 0 saturated carbocycles. The Bertz CT molecular complexity index is 772. The van der Waals surface area contributed by atoms with Crippen molar-refractivity contribution in [1.82, 2.24) is 5.32 Å². The summed E-state index contributed by atoms with van der Waals surface area (Å²) < 4.78 is 31.9. The van der Waals surface area contributed by atoms with Gasteiger partial charge < -0.3 is 10.1 Å². The SMILES string of the molecule is COc1ccc(C)cc1/C=C/C(=O)N[C@@H](C)c1ccc(F)cc1F. The van der Waals surface area contributed by atoms with Crippen LogP contribution in [0, 0.1) is 18.6 Å². The van der Waals surface area contributed by atoms with Crippen LogP contribution in [0.5, 0.6) is 5.75 Å². The minimum atomic E-state index is -0.688. The highest BCUT2D eigenvalue weighted by Crippen LogP contribution is 2.21. The number of carbonyl (C=O) groups excluding carboxylic acids is 1. The quantitative estimate of drug-likeness (QED) is 0.835. The first-order valence-corrected chi connectivity index (χ1v) is 7.49. The summed E-state index contributed by atoms with van der Waals surface area (Å²) in [7, 11) is 1.56. The second kappa shape index (κ2) is 7.73. The van der Waals surface area contributed by atoms with Gasteiger partial charge in [0, 0.05) is 23.3 Å². The summed E-state index contributed by atoms with van der Waals surface area (Å²) in [6, 6.07) is 8.33. The molecule has 0 spiro atoms. The molecule has 3 nitrogen and oxygen atoms in total. The second-order valence-electron chi connectivity index (χ2n) is 5.47. The number of amides is 1. The van der Waals surface area contributed by atoms with Gasteiger partial charge in [-0.25, -0.2) is 8.78 Å². The lowest BCUT2D eigenvalue weighted by atomic mass is 10.1. The molecule has 0 aromatic heterocycles. The van der Waals surface area contributed by atoms with Crippen molar-refractivity contribution >= 4 is 12.0 Å². The van der Waals surface area contributed by atoms with E-state index in [0.717, 1.165) is 23.3 Å². The number of hydrogen-bond donors (Lipinski definition) is 1. The Labute approximate surface area is 140 Å². The zero-order valence-corrected chi connectivity index (χ0v) is 13.8. The highest BCUT2D eigenvalue weighted by atomic mass is 19.1. The summed E-state index contributed by atoms with van der Waals surface area (Å²) in [6.07, 6.45) is 2.99. The Balaban J connectivity index is 2.09. The van der Waals surface area contributed by atoms with Crippen LogP contribution >= 0.6 is 0 Å². The maximum Gasteiger partial charge on any atom is 0.244 e. The first kappa shape index (κ1) is 17.7. The molecular formula is C19H19F2NO2. The van der Waals surface area contributed by atoms with Crippen LogP contribution in [0.25, 0.3) is 6.08 Å². The van der Waals surface area contributed by atoms with Crippen molar-refractivity contribution in [2.45, 2.75) is 19.9 Å². The summed E-state index contributed by atoms with van der Waals surface area (Å²) in [5.41, 5.74) is 2.04. The summed E-state index contributed by atoms with van der Waals surface area (Å²) in [5.74, 6) is -1.06. The van der Waals surface area contributed by atoms with Gasteiger partial charge in [-0.2, -0.15) is 0 Å². The lowest BCUT2D eigenvalue weighted by Crippen LogP contribution is -2.25. The lowest BCUT2D eigenvalue weighted by molar-refractivity contribution is -0.117. The van der Waals surface area contributed by atoms with E-state index in [9.17, 15) is 13.6 Å². The molecule has 1 amide bonds. The largest absolute Gasteiger partial charge is 0.496 e. The number of rotatable bonds is 5. The molecule has 0 aliphatic carbocycles. The fourth-order valence-electron chi connectivity index (χ4n) is 2.34. The lowest BCUT2D eigenvalue weighted by Gasteiger charge is -2.14. The van der Waals surface area contributed by atoms with Gasteiger partial charge in [-0.15, -0.1) is 0 Å². The van der Waals surface area contributed by atoms with Gasteiger partial charge in [-0.1, -0.05) is 17.7 Å². The van der Waals surface area contributed by atoms with Crippen LogP contribution < -0.4 is 10.1 Å². The Morgan fingerprint density at radius 1 is 1.21 bits per heavy atom. The number of nitrogens with one attached hydrogen (secondary N) is 1. The van der Waals surface area contributed by atoms with E-state index in [-0.39, 0.29) is 11.5 Å². The summed E-state index contributed by atoms with van der Waals surface area (Å²) in [4.78, 5) is 12.0. The van der Waals surface area contributed by atoms with Gasteiger partial charge in [-0.3, -0.25) is 4.79 Å². The molecule has 0 unspecified atom stereocenters. The number of hydrogen-bond acceptors (Lipinski definition) is 2. The van der Waals surface area contributed by atoms with Gasteiger partial charge in [-0.05, 0) is 38.1 Å². The van der Waals surface area contributed by atoms with E-state index in [1.165, 1.54) is 12.1 Å². The van der Waals surface area contributed by atoms with Crippen LogP contribution in [0.1, 0.15) is 29.7 Å². The first-order valence-electron chi connectivity index (χ1n) is 7.49. The highest BCUT2D eigenvalue weighted by Gasteiger charge is 2.13. The third-order valence-electron chi connectivity index (χ3n) is 3.59. The van der Waals surface area contributed by atoms with E-state index in [1.54, 1.807) is 20.1 Å². The zero-order valence-electron chi connectivity index (χ0n) is 13.8. The third-order valence-corrected chi connectivity index (χ3v) is 3.59. The van der Waals surface area contributed by atoms with Gasteiger partial charge in [0.15, 0.2) is 0 Å². The maximum atomic E-state index is 13.7. The molecule has 2 rings (SSSR count). The summed E-state index contributed by atoms with van der Waals surface area (Å²) in [5, 5.41) is 2.65. The predicted octanol–water partition coefficient (Wildman–Crippen LogP) is 4.17. The molecule has 0 aliphatic heterocycles. The van der Waals surface area contributed by atoms with Crippen LogP contribution in [-0.4, -0.2) is 13.0 Å². The highest BCUT2D eigenvalue weighted by molar-refractivity contribution is 5.92. The predicted molar refractivity (Wildman–Crippen MR) is 89.7 cm³/mol. The fraction of sp³-hybridized carbons (Fsp3) is 0.211. The van der Waals surface area contributed by atoms with Crippen molar-refractivity contribution in [3.05, 3.63) is 70.8 Å². The fourth-order valence-corrected chi connectivity index (χ4v) is 2.34. The van der Waals surface area contributed by atoms with E-state index in [4.69, 9.17) is 4.74 Å². The van der Waals surface area contributed by atoms with Crippen LogP contribution in [-0.2, 0) is 4.79 Å². The van der Waals surface area contributed by atoms with Crippen molar-refractivity contribution in [1.29, 1.82) is 0 Å². The molecule has 0 bridgehead atoms. The van der Waals surface area contributed by atoms with Gasteiger partial charge in [0.25, 0.3) is 0 Å². The number of aryl methyl sites for hydroxylation is 1. The number of carbonyl (C=O) groups is 1. The van der Waals surface area contributed by atoms with Crippen LogP contribution in [0.3, 0.4) is 0 Å². The Morgan fingerprint density at radius 3 is 2.62 bits per heavy atom. The van der Waals surface area contributed by atoms with Gasteiger partial charge >= 0.3 is 0 Å². The van der Waals surface area contributed by atoms with Crippen molar-refractivity contribution in [2.24, 2.45) is 0 Å². The Hall–Kier alpha value is -2.69. The van der Waals surface area contributed by atoms with Gasteiger partial charge in [0.05, 0.1) is 13.2 Å². The third kappa shape index (κ3) is 4.41. The zero-order chi connectivity index (χ0) is 17.7.